The average molecular weight is 324 g/mol. The molecule has 5 heteroatoms. The first kappa shape index (κ1) is 12.3. The van der Waals surface area contributed by atoms with E-state index in [1.807, 2.05) is 11.8 Å². The van der Waals surface area contributed by atoms with Gasteiger partial charge in [-0.2, -0.15) is 5.10 Å². The molecule has 2 heterocycles. The van der Waals surface area contributed by atoms with Crippen molar-refractivity contribution in [2.75, 3.05) is 5.75 Å². The smallest absolute Gasteiger partial charge is 0.107 e. The SMILES string of the molecule is NCc1[nH]nc(-c2ccc3c(c2)CCCS3)c1Br. The number of benzene rings is 1. The first-order valence-corrected chi connectivity index (χ1v) is 7.76. The van der Waals surface area contributed by atoms with Crippen LogP contribution in [0.15, 0.2) is 27.6 Å². The summed E-state index contributed by atoms with van der Waals surface area (Å²) >= 11 is 5.51. The fourth-order valence-corrected chi connectivity index (χ4v) is 3.79. The topological polar surface area (TPSA) is 54.7 Å². The van der Waals surface area contributed by atoms with Gasteiger partial charge in [-0.15, -0.1) is 11.8 Å². The molecule has 94 valence electrons. The molecule has 3 nitrogen and oxygen atoms in total. The van der Waals surface area contributed by atoms with Gasteiger partial charge in [0.2, 0.25) is 0 Å². The van der Waals surface area contributed by atoms with E-state index in [1.54, 1.807) is 0 Å². The number of nitrogens with zero attached hydrogens (tertiary/aromatic N) is 1. The minimum atomic E-state index is 0.467. The van der Waals surface area contributed by atoms with Gasteiger partial charge in [0.05, 0.1) is 10.2 Å². The Morgan fingerprint density at radius 1 is 1.44 bits per heavy atom. The number of thioether (sulfide) groups is 1. The Morgan fingerprint density at radius 2 is 2.33 bits per heavy atom. The number of nitrogens with one attached hydrogen (secondary N) is 1. The highest BCUT2D eigenvalue weighted by Crippen LogP contribution is 2.35. The van der Waals surface area contributed by atoms with Gasteiger partial charge in [0.1, 0.15) is 5.69 Å². The summed E-state index contributed by atoms with van der Waals surface area (Å²) in [6.45, 7) is 0.467. The Labute approximate surface area is 119 Å². The molecule has 3 N–H and O–H groups in total. The molecule has 1 aromatic carbocycles. The van der Waals surface area contributed by atoms with Crippen LogP contribution in [0.4, 0.5) is 0 Å². The van der Waals surface area contributed by atoms with Crippen LogP contribution in [0.3, 0.4) is 0 Å². The van der Waals surface area contributed by atoms with Gasteiger partial charge in [-0.3, -0.25) is 5.10 Å². The largest absolute Gasteiger partial charge is 0.325 e. The van der Waals surface area contributed by atoms with Crippen molar-refractivity contribution in [1.29, 1.82) is 0 Å². The lowest BCUT2D eigenvalue weighted by atomic mass is 10.0. The highest BCUT2D eigenvalue weighted by molar-refractivity contribution is 9.10. The van der Waals surface area contributed by atoms with Crippen LogP contribution in [-0.4, -0.2) is 16.0 Å². The molecule has 0 spiro atoms. The molecule has 0 saturated carbocycles. The molecule has 0 amide bonds. The van der Waals surface area contributed by atoms with E-state index < -0.39 is 0 Å². The Balaban J connectivity index is 2.03. The van der Waals surface area contributed by atoms with Crippen LogP contribution in [-0.2, 0) is 13.0 Å². The fourth-order valence-electron chi connectivity index (χ4n) is 2.20. The molecular weight excluding hydrogens is 310 g/mol. The van der Waals surface area contributed by atoms with Crippen LogP contribution in [0.2, 0.25) is 0 Å². The Hall–Kier alpha value is -0.780. The molecule has 0 atom stereocenters. The van der Waals surface area contributed by atoms with E-state index in [0.717, 1.165) is 21.4 Å². The summed E-state index contributed by atoms with van der Waals surface area (Å²) in [4.78, 5) is 1.41. The van der Waals surface area contributed by atoms with E-state index in [0.29, 0.717) is 6.54 Å². The number of aryl methyl sites for hydroxylation is 1. The molecule has 0 radical (unpaired) electrons. The summed E-state index contributed by atoms with van der Waals surface area (Å²) in [6, 6.07) is 6.60. The minimum Gasteiger partial charge on any atom is -0.325 e. The number of fused-ring (bicyclic) bond motifs is 1. The van der Waals surface area contributed by atoms with Crippen molar-refractivity contribution >= 4 is 27.7 Å². The van der Waals surface area contributed by atoms with Crippen LogP contribution in [0, 0.1) is 0 Å². The molecule has 1 aromatic heterocycles. The monoisotopic (exact) mass is 323 g/mol. The summed E-state index contributed by atoms with van der Waals surface area (Å²) in [5.74, 6) is 1.23. The Morgan fingerprint density at radius 3 is 3.11 bits per heavy atom. The van der Waals surface area contributed by atoms with Gasteiger partial charge >= 0.3 is 0 Å². The van der Waals surface area contributed by atoms with Crippen molar-refractivity contribution in [2.24, 2.45) is 5.73 Å². The Kier molecular flexibility index (Phi) is 3.46. The molecule has 0 unspecified atom stereocenters. The van der Waals surface area contributed by atoms with Gasteiger partial charge in [-0.1, -0.05) is 6.07 Å². The second-order valence-corrected chi connectivity index (χ2v) is 6.27. The molecule has 0 fully saturated rings. The highest BCUT2D eigenvalue weighted by Gasteiger charge is 2.15. The fraction of sp³-hybridized carbons (Fsp3) is 0.308. The van der Waals surface area contributed by atoms with Gasteiger partial charge in [0.15, 0.2) is 0 Å². The molecule has 3 rings (SSSR count). The lowest BCUT2D eigenvalue weighted by molar-refractivity contribution is 0.890. The normalized spacial score (nSPS) is 14.6. The third kappa shape index (κ3) is 2.11. The summed E-state index contributed by atoms with van der Waals surface area (Å²) in [5.41, 5.74) is 10.1. The maximum Gasteiger partial charge on any atom is 0.107 e. The van der Waals surface area contributed by atoms with Crippen molar-refractivity contribution in [1.82, 2.24) is 10.2 Å². The van der Waals surface area contributed by atoms with Crippen molar-refractivity contribution in [3.63, 3.8) is 0 Å². The van der Waals surface area contributed by atoms with Crippen molar-refractivity contribution in [2.45, 2.75) is 24.3 Å². The van der Waals surface area contributed by atoms with Crippen molar-refractivity contribution < 1.29 is 0 Å². The lowest BCUT2D eigenvalue weighted by Crippen LogP contribution is -1.98. The third-order valence-corrected chi connectivity index (χ3v) is 5.22. The van der Waals surface area contributed by atoms with Gasteiger partial charge in [-0.25, -0.2) is 0 Å². The van der Waals surface area contributed by atoms with E-state index in [1.165, 1.54) is 29.1 Å². The molecule has 18 heavy (non-hydrogen) atoms. The molecule has 1 aliphatic heterocycles. The molecule has 1 aliphatic rings. The van der Waals surface area contributed by atoms with Gasteiger partial charge in [0.25, 0.3) is 0 Å². The van der Waals surface area contributed by atoms with E-state index >= 15 is 0 Å². The zero-order chi connectivity index (χ0) is 12.5. The summed E-state index contributed by atoms with van der Waals surface area (Å²) < 4.78 is 0.980. The number of hydrogen-bond donors (Lipinski definition) is 2. The molecule has 0 saturated heterocycles. The molecule has 2 aromatic rings. The maximum atomic E-state index is 5.65. The Bertz CT molecular complexity index is 580. The number of hydrogen-bond acceptors (Lipinski definition) is 3. The average Bonchev–Trinajstić information content (AvgIpc) is 2.79. The van der Waals surface area contributed by atoms with Crippen LogP contribution < -0.4 is 5.73 Å². The minimum absolute atomic E-state index is 0.467. The van der Waals surface area contributed by atoms with Crippen molar-refractivity contribution in [3.05, 3.63) is 33.9 Å². The molecular formula is C13H14BrN3S. The van der Waals surface area contributed by atoms with Crippen LogP contribution in [0.5, 0.6) is 0 Å². The van der Waals surface area contributed by atoms with Crippen LogP contribution in [0.25, 0.3) is 11.3 Å². The number of halogens is 1. The van der Waals surface area contributed by atoms with E-state index in [-0.39, 0.29) is 0 Å². The number of aromatic nitrogens is 2. The van der Waals surface area contributed by atoms with Gasteiger partial charge < -0.3 is 5.73 Å². The van der Waals surface area contributed by atoms with Gasteiger partial charge in [-0.05, 0) is 52.2 Å². The maximum absolute atomic E-state index is 5.65. The first-order valence-electron chi connectivity index (χ1n) is 5.98. The van der Waals surface area contributed by atoms with Crippen LogP contribution in [0.1, 0.15) is 17.7 Å². The lowest BCUT2D eigenvalue weighted by Gasteiger charge is -2.15. The predicted molar refractivity (Wildman–Crippen MR) is 78.7 cm³/mol. The van der Waals surface area contributed by atoms with Crippen molar-refractivity contribution in [3.8, 4) is 11.3 Å². The molecule has 0 bridgehead atoms. The standard InChI is InChI=1S/C13H14BrN3S/c14-12-10(7-15)16-17-13(12)9-3-4-11-8(6-9)2-1-5-18-11/h3-4,6H,1-2,5,7,15H2,(H,16,17). The third-order valence-electron chi connectivity index (χ3n) is 3.16. The number of H-pyrrole nitrogens is 1. The summed E-state index contributed by atoms with van der Waals surface area (Å²) in [7, 11) is 0. The van der Waals surface area contributed by atoms with Gasteiger partial charge in [0, 0.05) is 17.0 Å². The quantitative estimate of drug-likeness (QED) is 0.891. The number of nitrogens with two attached hydrogens (primary N) is 1. The van der Waals surface area contributed by atoms with E-state index in [4.69, 9.17) is 5.73 Å². The summed E-state index contributed by atoms with van der Waals surface area (Å²) in [5, 5.41) is 7.32. The number of aromatic amines is 1. The van der Waals surface area contributed by atoms with E-state index in [9.17, 15) is 0 Å². The predicted octanol–water partition coefficient (Wildman–Crippen LogP) is 3.34. The summed E-state index contributed by atoms with van der Waals surface area (Å²) in [6.07, 6.45) is 2.43. The van der Waals surface area contributed by atoms with Crippen LogP contribution >= 0.6 is 27.7 Å². The zero-order valence-electron chi connectivity index (χ0n) is 9.87. The second-order valence-electron chi connectivity index (χ2n) is 4.34. The number of rotatable bonds is 2. The first-order chi connectivity index (χ1) is 8.79. The second kappa shape index (κ2) is 5.07. The van der Waals surface area contributed by atoms with E-state index in [2.05, 4.69) is 44.3 Å². The highest BCUT2D eigenvalue weighted by atomic mass is 79.9. The molecule has 0 aliphatic carbocycles. The zero-order valence-corrected chi connectivity index (χ0v) is 12.3.